The minimum atomic E-state index is -3.67. The van der Waals surface area contributed by atoms with Gasteiger partial charge in [0.15, 0.2) is 0 Å². The molecular formula is C44H70N6O8S. The zero-order chi connectivity index (χ0) is 43.1. The standard InChI is InChI=1S/C28H40N4O3.C15H26N2O4S.CH4O/c1-21-17-25(19-32(21)27(34)15-16-29-20-33)35-28-26(14-4-2-3-9-22-10-5-6-11-22)30-23-12-7-8-13-24(18-23)31-28;1-3-4-5-6-7-8-9-13(16-12-18)14(19)17-22(20,21)15(2)10-11-15;1-2/h7-8,12-13,20-22,25H,2-6,9-11,14-19H2,1H3,(H,29,33);7-8,12-13H,3-6,9-11H2,1-2H3,(H,16,18)(H,17,19);2H,1H3/b;8-7-;/t21?,25-;;/m1../s1. The summed E-state index contributed by atoms with van der Waals surface area (Å²) in [5.41, 5.74) is 2.91. The van der Waals surface area contributed by atoms with Crippen molar-refractivity contribution in [2.75, 3.05) is 20.2 Å². The van der Waals surface area contributed by atoms with Crippen molar-refractivity contribution in [1.82, 2.24) is 20.3 Å². The Balaban J connectivity index is 0.000000335. The molecule has 4 N–H and O–H groups in total. The van der Waals surface area contributed by atoms with Crippen LogP contribution >= 0.6 is 0 Å². The van der Waals surface area contributed by atoms with Crippen LogP contribution in [0.4, 0.5) is 0 Å². The number of carbonyl (C=O) groups is 4. The molecule has 3 fully saturated rings. The van der Waals surface area contributed by atoms with Gasteiger partial charge in [-0.05, 0) is 76.9 Å². The molecule has 330 valence electrons. The predicted octanol–water partition coefficient (Wildman–Crippen LogP) is 6.08. The van der Waals surface area contributed by atoms with Crippen molar-refractivity contribution in [2.24, 2.45) is 15.9 Å². The topological polar surface area (TPSA) is 196 Å². The van der Waals surface area contributed by atoms with E-state index in [1.807, 2.05) is 35.3 Å². The molecule has 0 aromatic rings. The third kappa shape index (κ3) is 16.8. The maximum absolute atomic E-state index is 12.6. The number of hydrogen-bond acceptors (Lipinski definition) is 10. The van der Waals surface area contributed by atoms with Crippen LogP contribution in [0.3, 0.4) is 0 Å². The fourth-order valence-corrected chi connectivity index (χ4v) is 8.88. The number of ether oxygens (including phenoxy) is 1. The zero-order valence-electron chi connectivity index (χ0n) is 35.8. The van der Waals surface area contributed by atoms with Gasteiger partial charge >= 0.3 is 0 Å². The number of amides is 4. The Labute approximate surface area is 352 Å². The number of likely N-dealkylation sites (tertiary alicyclic amines) is 1. The van der Waals surface area contributed by atoms with Crippen molar-refractivity contribution in [3.05, 3.63) is 47.9 Å². The van der Waals surface area contributed by atoms with Crippen LogP contribution in [0.5, 0.6) is 0 Å². The Bertz CT molecular complexity index is 1660. The summed E-state index contributed by atoms with van der Waals surface area (Å²) in [6, 6.07) is -0.768. The molecule has 5 aliphatic rings. The number of unbranched alkanes of at least 4 members (excludes halogenated alkanes) is 5. The van der Waals surface area contributed by atoms with Crippen molar-refractivity contribution in [3.63, 3.8) is 0 Å². The molecule has 59 heavy (non-hydrogen) atoms. The lowest BCUT2D eigenvalue weighted by Gasteiger charge is -2.21. The summed E-state index contributed by atoms with van der Waals surface area (Å²) in [7, 11) is -2.67. The summed E-state index contributed by atoms with van der Waals surface area (Å²) in [5.74, 6) is 0.933. The van der Waals surface area contributed by atoms with Gasteiger partial charge in [0.1, 0.15) is 17.9 Å². The van der Waals surface area contributed by atoms with Gasteiger partial charge in [-0.1, -0.05) is 89.0 Å². The number of nitrogens with one attached hydrogen (secondary N) is 3. The number of sulfonamides is 1. The molecule has 0 radical (unpaired) electrons. The smallest absolute Gasteiger partial charge is 0.256 e. The highest BCUT2D eigenvalue weighted by molar-refractivity contribution is 7.91. The number of allylic oxidation sites excluding steroid dienone is 5. The summed E-state index contributed by atoms with van der Waals surface area (Å²) < 4.78 is 31.7. The number of hydrogen-bond donors (Lipinski definition) is 4. The number of fused-ring (bicyclic) bond motifs is 2. The summed E-state index contributed by atoms with van der Waals surface area (Å²) in [6.07, 6.45) is 31.7. The van der Waals surface area contributed by atoms with Crippen LogP contribution in [-0.4, -0.2) is 97.8 Å². The molecule has 14 nitrogen and oxygen atoms in total. The van der Waals surface area contributed by atoms with Crippen molar-refractivity contribution in [1.29, 1.82) is 0 Å². The molecule has 0 aromatic heterocycles. The molecular weight excluding hydrogens is 773 g/mol. The molecule has 0 spiro atoms. The molecule has 3 aliphatic carbocycles. The summed E-state index contributed by atoms with van der Waals surface area (Å²) in [6.45, 7) is 6.68. The lowest BCUT2D eigenvalue weighted by Crippen LogP contribution is -2.48. The van der Waals surface area contributed by atoms with Gasteiger partial charge in [-0.3, -0.25) is 28.9 Å². The van der Waals surface area contributed by atoms with Crippen LogP contribution in [-0.2, 0) is 33.9 Å². The second-order valence-electron chi connectivity index (χ2n) is 16.3. The fourth-order valence-electron chi connectivity index (χ4n) is 7.59. The molecule has 1 saturated heterocycles. The van der Waals surface area contributed by atoms with Gasteiger partial charge in [0.2, 0.25) is 34.6 Å². The van der Waals surface area contributed by atoms with Gasteiger partial charge in [0, 0.05) is 44.7 Å². The van der Waals surface area contributed by atoms with Crippen molar-refractivity contribution in [2.45, 2.75) is 166 Å². The van der Waals surface area contributed by atoms with Crippen LogP contribution in [0.2, 0.25) is 0 Å². The Kier molecular flexibility index (Phi) is 21.9. The van der Waals surface area contributed by atoms with E-state index in [0.29, 0.717) is 57.5 Å². The van der Waals surface area contributed by atoms with E-state index >= 15 is 0 Å². The van der Waals surface area contributed by atoms with Crippen LogP contribution in [0.25, 0.3) is 0 Å². The van der Waals surface area contributed by atoms with Gasteiger partial charge in [0.05, 0.1) is 17.0 Å². The van der Waals surface area contributed by atoms with Crippen LogP contribution in [0, 0.1) is 5.92 Å². The second-order valence-corrected chi connectivity index (χ2v) is 18.5. The first-order chi connectivity index (χ1) is 28.5. The number of aliphatic hydroxyl groups excluding tert-OH is 1. The maximum atomic E-state index is 12.6. The lowest BCUT2D eigenvalue weighted by atomic mass is 9.99. The van der Waals surface area contributed by atoms with Crippen LogP contribution < -0.4 is 15.4 Å². The summed E-state index contributed by atoms with van der Waals surface area (Å²) in [5, 5.41) is 11.9. The highest BCUT2D eigenvalue weighted by atomic mass is 32.2. The number of aliphatic hydroxyl groups is 1. The Hall–Kier alpha value is -4.11. The molecule has 4 amide bonds. The minimum Gasteiger partial charge on any atom is -0.471 e. The lowest BCUT2D eigenvalue weighted by molar-refractivity contribution is -0.132. The second kappa shape index (κ2) is 26.2. The molecule has 2 saturated carbocycles. The maximum Gasteiger partial charge on any atom is 0.256 e. The average molecular weight is 843 g/mol. The predicted molar refractivity (Wildman–Crippen MR) is 233 cm³/mol. The van der Waals surface area contributed by atoms with E-state index in [0.717, 1.165) is 75.1 Å². The Morgan fingerprint density at radius 3 is 2.37 bits per heavy atom. The summed E-state index contributed by atoms with van der Waals surface area (Å²) in [4.78, 5) is 57.5. The Morgan fingerprint density at radius 1 is 1.00 bits per heavy atom. The number of rotatable bonds is 22. The first-order valence-corrected chi connectivity index (χ1v) is 23.2. The largest absolute Gasteiger partial charge is 0.471 e. The third-order valence-corrected chi connectivity index (χ3v) is 13.6. The molecule has 15 heteroatoms. The molecule has 0 aromatic carbocycles. The SMILES string of the molecule is CC1C[C@@H](OC2=NC3=CC=CC=C(C3)N=C2CCCCCC2CCCC2)CN1C(=O)CCNC=O.CCCCC/C=C\CC(NC=O)C(=O)NS(=O)(=O)C1(C)CC1.CO. The highest BCUT2D eigenvalue weighted by Gasteiger charge is 2.51. The van der Waals surface area contributed by atoms with E-state index in [1.54, 1.807) is 6.92 Å². The van der Waals surface area contributed by atoms with Crippen molar-refractivity contribution in [3.8, 4) is 0 Å². The molecule has 2 unspecified atom stereocenters. The zero-order valence-corrected chi connectivity index (χ0v) is 36.6. The van der Waals surface area contributed by atoms with Gasteiger partial charge in [0.25, 0.3) is 5.91 Å². The molecule has 3 atom stereocenters. The van der Waals surface area contributed by atoms with E-state index in [4.69, 9.17) is 19.8 Å². The third-order valence-electron chi connectivity index (χ3n) is 11.5. The van der Waals surface area contributed by atoms with Crippen LogP contribution in [0.1, 0.15) is 143 Å². The van der Waals surface area contributed by atoms with E-state index in [2.05, 4.69) is 35.3 Å². The monoisotopic (exact) mass is 842 g/mol. The molecule has 2 bridgehead atoms. The van der Waals surface area contributed by atoms with Gasteiger partial charge in [-0.15, -0.1) is 0 Å². The molecule has 5 rings (SSSR count). The van der Waals surface area contributed by atoms with Gasteiger partial charge in [-0.2, -0.15) is 0 Å². The van der Waals surface area contributed by atoms with Crippen LogP contribution in [0.15, 0.2) is 57.8 Å². The average Bonchev–Trinajstić information content (AvgIpc) is 3.74. The van der Waals surface area contributed by atoms with E-state index < -0.39 is 26.7 Å². The summed E-state index contributed by atoms with van der Waals surface area (Å²) >= 11 is 0. The quantitative estimate of drug-likeness (QED) is 0.0571. The van der Waals surface area contributed by atoms with E-state index in [9.17, 15) is 27.6 Å². The van der Waals surface area contributed by atoms with Gasteiger partial charge < -0.3 is 25.4 Å². The first kappa shape index (κ1) is 49.3. The highest BCUT2D eigenvalue weighted by Crippen LogP contribution is 2.42. The number of carbonyl (C=O) groups excluding carboxylic acids is 4. The van der Waals surface area contributed by atoms with E-state index in [1.165, 1.54) is 44.9 Å². The van der Waals surface area contributed by atoms with Crippen molar-refractivity contribution >= 4 is 46.3 Å². The molecule has 2 aliphatic heterocycles. The first-order valence-electron chi connectivity index (χ1n) is 21.7. The van der Waals surface area contributed by atoms with E-state index in [-0.39, 0.29) is 24.5 Å². The normalized spacial score (nSPS) is 21.1. The number of nitrogens with zero attached hydrogens (tertiary/aromatic N) is 3. The van der Waals surface area contributed by atoms with Gasteiger partial charge in [-0.25, -0.2) is 13.4 Å². The minimum absolute atomic E-state index is 0.0438. The molecule has 2 heterocycles. The Morgan fingerprint density at radius 2 is 1.71 bits per heavy atom. The fraction of sp³-hybridized carbons (Fsp3) is 0.682. The number of aliphatic imine (C=N–C) groups is 2. The van der Waals surface area contributed by atoms with Crippen molar-refractivity contribution < 1.29 is 37.4 Å².